The Labute approximate surface area is 123 Å². The van der Waals surface area contributed by atoms with E-state index in [1.807, 2.05) is 17.5 Å². The molecule has 1 heterocycles. The molecule has 2 aromatic rings. The van der Waals surface area contributed by atoms with Crippen molar-refractivity contribution in [3.8, 4) is 11.8 Å². The minimum absolute atomic E-state index is 0.208. The van der Waals surface area contributed by atoms with Crippen molar-refractivity contribution in [3.63, 3.8) is 0 Å². The first kappa shape index (κ1) is 14.6. The quantitative estimate of drug-likeness (QED) is 0.875. The second-order valence-electron chi connectivity index (χ2n) is 4.30. The number of anilines is 1. The van der Waals surface area contributed by atoms with E-state index in [-0.39, 0.29) is 5.82 Å². The lowest BCUT2D eigenvalue weighted by Crippen LogP contribution is -2.21. The minimum atomic E-state index is -0.208. The van der Waals surface area contributed by atoms with Crippen LogP contribution in [0.3, 0.4) is 0 Å². The van der Waals surface area contributed by atoms with E-state index in [1.54, 1.807) is 11.3 Å². The minimum Gasteiger partial charge on any atom is -0.367 e. The Morgan fingerprint density at radius 3 is 2.70 bits per heavy atom. The van der Waals surface area contributed by atoms with Crippen molar-refractivity contribution >= 4 is 17.0 Å². The van der Waals surface area contributed by atoms with Crippen LogP contribution in [-0.2, 0) is 6.54 Å². The van der Waals surface area contributed by atoms with E-state index >= 15 is 0 Å². The van der Waals surface area contributed by atoms with Crippen LogP contribution in [0.15, 0.2) is 35.7 Å². The third-order valence-corrected chi connectivity index (χ3v) is 3.83. The van der Waals surface area contributed by atoms with Gasteiger partial charge < -0.3 is 10.6 Å². The van der Waals surface area contributed by atoms with Crippen LogP contribution in [0.25, 0.3) is 0 Å². The van der Waals surface area contributed by atoms with Crippen molar-refractivity contribution in [2.45, 2.75) is 13.5 Å². The van der Waals surface area contributed by atoms with Crippen LogP contribution in [0, 0.1) is 17.7 Å². The molecule has 0 aliphatic heterocycles. The van der Waals surface area contributed by atoms with E-state index in [4.69, 9.17) is 5.73 Å². The van der Waals surface area contributed by atoms with Crippen LogP contribution in [0.4, 0.5) is 10.1 Å². The first-order valence-electron chi connectivity index (χ1n) is 6.49. The zero-order valence-corrected chi connectivity index (χ0v) is 12.2. The lowest BCUT2D eigenvalue weighted by molar-refractivity contribution is 0.627. The molecule has 1 aromatic carbocycles. The highest BCUT2D eigenvalue weighted by atomic mass is 32.1. The maximum absolute atomic E-state index is 13.0. The molecule has 2 nitrogen and oxygen atoms in total. The molecule has 0 saturated carbocycles. The van der Waals surface area contributed by atoms with Gasteiger partial charge >= 0.3 is 0 Å². The molecule has 2 rings (SSSR count). The molecule has 0 aliphatic carbocycles. The molecule has 0 atom stereocenters. The Morgan fingerprint density at radius 1 is 1.30 bits per heavy atom. The summed E-state index contributed by atoms with van der Waals surface area (Å²) < 4.78 is 13.0. The molecule has 0 amide bonds. The van der Waals surface area contributed by atoms with Crippen LogP contribution in [0.5, 0.6) is 0 Å². The van der Waals surface area contributed by atoms with Gasteiger partial charge in [-0.2, -0.15) is 0 Å². The zero-order valence-electron chi connectivity index (χ0n) is 11.4. The van der Waals surface area contributed by atoms with E-state index in [2.05, 4.69) is 29.7 Å². The summed E-state index contributed by atoms with van der Waals surface area (Å²) in [6, 6.07) is 8.68. The normalized spacial score (nSPS) is 9.95. The van der Waals surface area contributed by atoms with Crippen LogP contribution in [-0.4, -0.2) is 13.1 Å². The summed E-state index contributed by atoms with van der Waals surface area (Å²) in [4.78, 5) is 3.43. The van der Waals surface area contributed by atoms with E-state index in [1.165, 1.54) is 17.0 Å². The monoisotopic (exact) mass is 288 g/mol. The average molecular weight is 288 g/mol. The molecule has 2 N–H and O–H groups in total. The van der Waals surface area contributed by atoms with Crippen molar-refractivity contribution in [3.05, 3.63) is 52.0 Å². The standard InChI is InChI=1S/C16H17FN2S/c1-2-19(15-7-5-14(17)6-8-15)11-16-10-13(12-20-16)4-3-9-18/h5-8,10,12H,2,9,11,18H2,1H3. The molecule has 0 aliphatic rings. The van der Waals surface area contributed by atoms with Gasteiger partial charge in [-0.25, -0.2) is 4.39 Å². The fourth-order valence-corrected chi connectivity index (χ4v) is 2.74. The summed E-state index contributed by atoms with van der Waals surface area (Å²) in [5, 5.41) is 2.04. The van der Waals surface area contributed by atoms with Crippen LogP contribution in [0.2, 0.25) is 0 Å². The van der Waals surface area contributed by atoms with Crippen LogP contribution < -0.4 is 10.6 Å². The van der Waals surface area contributed by atoms with E-state index in [0.717, 1.165) is 24.3 Å². The summed E-state index contributed by atoms with van der Waals surface area (Å²) in [6.07, 6.45) is 0. The zero-order chi connectivity index (χ0) is 14.4. The number of rotatable bonds is 4. The maximum Gasteiger partial charge on any atom is 0.123 e. The Balaban J connectivity index is 2.10. The number of benzene rings is 1. The largest absolute Gasteiger partial charge is 0.367 e. The fourth-order valence-electron chi connectivity index (χ4n) is 1.91. The van der Waals surface area contributed by atoms with Gasteiger partial charge in [-0.15, -0.1) is 11.3 Å². The Bertz CT molecular complexity index is 607. The van der Waals surface area contributed by atoms with Gasteiger partial charge in [-0.1, -0.05) is 11.8 Å². The van der Waals surface area contributed by atoms with Crippen LogP contribution >= 0.6 is 11.3 Å². The number of hydrogen-bond acceptors (Lipinski definition) is 3. The molecule has 4 heteroatoms. The number of thiophene rings is 1. The lowest BCUT2D eigenvalue weighted by atomic mass is 10.2. The molecular weight excluding hydrogens is 271 g/mol. The van der Waals surface area contributed by atoms with Crippen molar-refractivity contribution < 1.29 is 4.39 Å². The molecule has 0 spiro atoms. The highest BCUT2D eigenvalue weighted by Gasteiger charge is 2.07. The number of nitrogens with two attached hydrogens (primary N) is 1. The predicted octanol–water partition coefficient (Wildman–Crippen LogP) is 3.22. The molecule has 0 bridgehead atoms. The third-order valence-electron chi connectivity index (χ3n) is 2.91. The molecule has 0 saturated heterocycles. The van der Waals surface area contributed by atoms with Gasteiger partial charge in [0.25, 0.3) is 0 Å². The molecule has 0 fully saturated rings. The summed E-state index contributed by atoms with van der Waals surface area (Å²) in [5.74, 6) is 5.67. The Morgan fingerprint density at radius 2 is 2.05 bits per heavy atom. The molecule has 1 aromatic heterocycles. The summed E-state index contributed by atoms with van der Waals surface area (Å²) in [5.41, 5.74) is 7.39. The number of hydrogen-bond donors (Lipinski definition) is 1. The SMILES string of the molecule is CCN(Cc1cc(C#CCN)cs1)c1ccc(F)cc1. The third kappa shape index (κ3) is 3.83. The highest BCUT2D eigenvalue weighted by Crippen LogP contribution is 2.21. The summed E-state index contributed by atoms with van der Waals surface area (Å²) in [6.45, 7) is 4.14. The maximum atomic E-state index is 13.0. The van der Waals surface area contributed by atoms with Gasteiger partial charge in [0.2, 0.25) is 0 Å². The van der Waals surface area contributed by atoms with Crippen molar-refractivity contribution in [1.82, 2.24) is 0 Å². The van der Waals surface area contributed by atoms with Gasteiger partial charge in [0.15, 0.2) is 0 Å². The molecule has 0 unspecified atom stereocenters. The van der Waals surface area contributed by atoms with Crippen molar-refractivity contribution in [2.24, 2.45) is 5.73 Å². The number of halogens is 1. The van der Waals surface area contributed by atoms with Gasteiger partial charge in [0, 0.05) is 28.1 Å². The molecule has 104 valence electrons. The second-order valence-corrected chi connectivity index (χ2v) is 5.29. The summed E-state index contributed by atoms with van der Waals surface area (Å²) >= 11 is 1.68. The smallest absolute Gasteiger partial charge is 0.123 e. The Kier molecular flexibility index (Phi) is 5.16. The molecule has 0 radical (unpaired) electrons. The van der Waals surface area contributed by atoms with E-state index in [9.17, 15) is 4.39 Å². The second kappa shape index (κ2) is 7.09. The Hall–Kier alpha value is -1.83. The molecule has 20 heavy (non-hydrogen) atoms. The highest BCUT2D eigenvalue weighted by molar-refractivity contribution is 7.10. The fraction of sp³-hybridized carbons (Fsp3) is 0.250. The predicted molar refractivity (Wildman–Crippen MR) is 83.4 cm³/mol. The lowest BCUT2D eigenvalue weighted by Gasteiger charge is -2.22. The first-order chi connectivity index (χ1) is 9.72. The van der Waals surface area contributed by atoms with Crippen molar-refractivity contribution in [1.29, 1.82) is 0 Å². The van der Waals surface area contributed by atoms with Crippen LogP contribution in [0.1, 0.15) is 17.4 Å². The number of nitrogens with zero attached hydrogens (tertiary/aromatic N) is 1. The van der Waals surface area contributed by atoms with E-state index in [0.29, 0.717) is 6.54 Å². The topological polar surface area (TPSA) is 29.3 Å². The molecular formula is C16H17FN2S. The van der Waals surface area contributed by atoms with Gasteiger partial charge in [-0.05, 0) is 37.3 Å². The van der Waals surface area contributed by atoms with Gasteiger partial charge in [-0.3, -0.25) is 0 Å². The van der Waals surface area contributed by atoms with Gasteiger partial charge in [0.1, 0.15) is 5.82 Å². The van der Waals surface area contributed by atoms with E-state index < -0.39 is 0 Å². The summed E-state index contributed by atoms with van der Waals surface area (Å²) in [7, 11) is 0. The average Bonchev–Trinajstić information content (AvgIpc) is 2.91. The van der Waals surface area contributed by atoms with Crippen molar-refractivity contribution in [2.75, 3.05) is 18.0 Å². The first-order valence-corrected chi connectivity index (χ1v) is 7.37. The van der Waals surface area contributed by atoms with Gasteiger partial charge in [0.05, 0.1) is 13.1 Å².